The predicted molar refractivity (Wildman–Crippen MR) is 71.5 cm³/mol. The van der Waals surface area contributed by atoms with E-state index in [0.717, 1.165) is 17.7 Å². The molecule has 0 radical (unpaired) electrons. The van der Waals surface area contributed by atoms with Gasteiger partial charge in [0.25, 0.3) is 0 Å². The van der Waals surface area contributed by atoms with Gasteiger partial charge in [0, 0.05) is 23.0 Å². The summed E-state index contributed by atoms with van der Waals surface area (Å²) >= 11 is 5.96. The van der Waals surface area contributed by atoms with Crippen LogP contribution in [-0.2, 0) is 6.18 Å². The molecule has 0 fully saturated rings. The Kier molecular flexibility index (Phi) is 3.99. The molecule has 2 nitrogen and oxygen atoms in total. The zero-order valence-electron chi connectivity index (χ0n) is 10.9. The molecule has 6 heteroatoms. The summed E-state index contributed by atoms with van der Waals surface area (Å²) in [6, 6.07) is 4.95. The van der Waals surface area contributed by atoms with E-state index in [1.165, 1.54) is 6.07 Å². The minimum absolute atomic E-state index is 0.245. The third-order valence-electron chi connectivity index (χ3n) is 2.89. The highest BCUT2D eigenvalue weighted by atomic mass is 35.5. The van der Waals surface area contributed by atoms with Crippen LogP contribution < -0.4 is 0 Å². The van der Waals surface area contributed by atoms with Crippen molar-refractivity contribution in [3.8, 4) is 11.4 Å². The van der Waals surface area contributed by atoms with Crippen LogP contribution in [0.4, 0.5) is 13.2 Å². The van der Waals surface area contributed by atoms with Gasteiger partial charge in [-0.2, -0.15) is 13.2 Å². The molecule has 0 bridgehead atoms. The molecule has 0 aliphatic carbocycles. The monoisotopic (exact) mass is 300 g/mol. The van der Waals surface area contributed by atoms with Crippen LogP contribution in [0, 0.1) is 6.92 Å². The van der Waals surface area contributed by atoms with Gasteiger partial charge in [-0.25, -0.2) is 9.97 Å². The Morgan fingerprint density at radius 1 is 1.25 bits per heavy atom. The number of alkyl halides is 4. The standard InChI is InChI=1S/C14H12ClF3N2/c1-8(15)12-7-19-13(20-9(12)2)10-4-3-5-11(6-10)14(16,17)18/h3-8H,1-2H3. The summed E-state index contributed by atoms with van der Waals surface area (Å²) in [5, 5.41) is -0.245. The molecule has 1 aromatic carbocycles. The molecule has 2 aromatic rings. The largest absolute Gasteiger partial charge is 0.416 e. The molecule has 106 valence electrons. The summed E-state index contributed by atoms with van der Waals surface area (Å²) in [5.74, 6) is 0.259. The zero-order valence-corrected chi connectivity index (χ0v) is 11.6. The van der Waals surface area contributed by atoms with Crippen molar-refractivity contribution in [2.75, 3.05) is 0 Å². The quantitative estimate of drug-likeness (QED) is 0.747. The lowest BCUT2D eigenvalue weighted by Gasteiger charge is -2.10. The Hall–Kier alpha value is -1.62. The van der Waals surface area contributed by atoms with E-state index in [2.05, 4.69) is 9.97 Å². The number of hydrogen-bond acceptors (Lipinski definition) is 2. The van der Waals surface area contributed by atoms with Crippen LogP contribution in [0.1, 0.15) is 29.1 Å². The van der Waals surface area contributed by atoms with Gasteiger partial charge in [0.1, 0.15) is 0 Å². The lowest BCUT2D eigenvalue weighted by Crippen LogP contribution is -2.05. The highest BCUT2D eigenvalue weighted by Crippen LogP contribution is 2.31. The second-order valence-corrected chi connectivity index (χ2v) is 5.08. The molecule has 1 heterocycles. The normalized spacial score (nSPS) is 13.3. The van der Waals surface area contributed by atoms with Crippen molar-refractivity contribution in [2.24, 2.45) is 0 Å². The first-order valence-electron chi connectivity index (χ1n) is 5.94. The smallest absolute Gasteiger partial charge is 0.236 e. The van der Waals surface area contributed by atoms with Crippen molar-refractivity contribution in [1.29, 1.82) is 0 Å². The molecular formula is C14H12ClF3N2. The molecule has 0 saturated heterocycles. The first-order chi connectivity index (χ1) is 9.29. The molecule has 20 heavy (non-hydrogen) atoms. The molecule has 1 unspecified atom stereocenters. The lowest BCUT2D eigenvalue weighted by molar-refractivity contribution is -0.137. The molecule has 0 N–H and O–H groups in total. The minimum atomic E-state index is -4.38. The third-order valence-corrected chi connectivity index (χ3v) is 3.13. The predicted octanol–water partition coefficient (Wildman–Crippen LogP) is 4.77. The number of aryl methyl sites for hydroxylation is 1. The maximum absolute atomic E-state index is 12.7. The van der Waals surface area contributed by atoms with Crippen LogP contribution in [0.5, 0.6) is 0 Å². The molecule has 0 amide bonds. The summed E-state index contributed by atoms with van der Waals surface area (Å²) in [6.07, 6.45) is -2.83. The van der Waals surface area contributed by atoms with Crippen LogP contribution in [0.15, 0.2) is 30.5 Å². The SMILES string of the molecule is Cc1nc(-c2cccc(C(F)(F)F)c2)ncc1C(C)Cl. The van der Waals surface area contributed by atoms with Gasteiger partial charge in [-0.1, -0.05) is 12.1 Å². The summed E-state index contributed by atoms with van der Waals surface area (Å²) in [7, 11) is 0. The second-order valence-electron chi connectivity index (χ2n) is 4.43. The van der Waals surface area contributed by atoms with Gasteiger partial charge in [-0.15, -0.1) is 11.6 Å². The fourth-order valence-electron chi connectivity index (χ4n) is 1.84. The average Bonchev–Trinajstić information content (AvgIpc) is 2.37. The van der Waals surface area contributed by atoms with Gasteiger partial charge >= 0.3 is 6.18 Å². The van der Waals surface area contributed by atoms with Gasteiger partial charge in [-0.05, 0) is 26.0 Å². The van der Waals surface area contributed by atoms with E-state index in [1.807, 2.05) is 0 Å². The maximum atomic E-state index is 12.7. The fourth-order valence-corrected chi connectivity index (χ4v) is 2.05. The van der Waals surface area contributed by atoms with E-state index >= 15 is 0 Å². The first-order valence-corrected chi connectivity index (χ1v) is 6.38. The maximum Gasteiger partial charge on any atom is 0.416 e. The number of hydrogen-bond donors (Lipinski definition) is 0. The van der Waals surface area contributed by atoms with Crippen LogP contribution >= 0.6 is 11.6 Å². The van der Waals surface area contributed by atoms with Gasteiger partial charge < -0.3 is 0 Å². The zero-order chi connectivity index (χ0) is 14.9. The number of benzene rings is 1. The molecule has 2 rings (SSSR count). The van der Waals surface area contributed by atoms with Gasteiger partial charge in [0.2, 0.25) is 0 Å². The molecule has 0 saturated carbocycles. The van der Waals surface area contributed by atoms with Crippen molar-refractivity contribution in [2.45, 2.75) is 25.4 Å². The van der Waals surface area contributed by atoms with Crippen molar-refractivity contribution >= 4 is 11.6 Å². The average molecular weight is 301 g/mol. The summed E-state index contributed by atoms with van der Waals surface area (Å²) in [5.41, 5.74) is 1.04. The van der Waals surface area contributed by atoms with E-state index in [1.54, 1.807) is 26.1 Å². The van der Waals surface area contributed by atoms with E-state index in [4.69, 9.17) is 11.6 Å². The van der Waals surface area contributed by atoms with Crippen molar-refractivity contribution in [3.05, 3.63) is 47.3 Å². The molecule has 0 aliphatic rings. The lowest BCUT2D eigenvalue weighted by atomic mass is 10.1. The topological polar surface area (TPSA) is 25.8 Å². The number of aromatic nitrogens is 2. The van der Waals surface area contributed by atoms with Crippen molar-refractivity contribution in [1.82, 2.24) is 9.97 Å². The van der Waals surface area contributed by atoms with Crippen molar-refractivity contribution in [3.63, 3.8) is 0 Å². The van der Waals surface area contributed by atoms with Crippen LogP contribution in [0.2, 0.25) is 0 Å². The Bertz CT molecular complexity index is 624. The number of nitrogens with zero attached hydrogens (tertiary/aromatic N) is 2. The van der Waals surface area contributed by atoms with Crippen LogP contribution in [0.25, 0.3) is 11.4 Å². The highest BCUT2D eigenvalue weighted by Gasteiger charge is 2.30. The Morgan fingerprint density at radius 2 is 1.95 bits per heavy atom. The van der Waals surface area contributed by atoms with E-state index in [9.17, 15) is 13.2 Å². The summed E-state index contributed by atoms with van der Waals surface area (Å²) in [6.45, 7) is 3.55. The molecular weight excluding hydrogens is 289 g/mol. The highest BCUT2D eigenvalue weighted by molar-refractivity contribution is 6.20. The molecule has 1 atom stereocenters. The van der Waals surface area contributed by atoms with Crippen LogP contribution in [0.3, 0.4) is 0 Å². The van der Waals surface area contributed by atoms with Gasteiger partial charge in [-0.3, -0.25) is 0 Å². The third kappa shape index (κ3) is 3.10. The first kappa shape index (κ1) is 14.8. The van der Waals surface area contributed by atoms with Crippen LogP contribution in [-0.4, -0.2) is 9.97 Å². The minimum Gasteiger partial charge on any atom is -0.236 e. The molecule has 0 aliphatic heterocycles. The summed E-state index contributed by atoms with van der Waals surface area (Å²) < 4.78 is 38.0. The second kappa shape index (κ2) is 5.40. The van der Waals surface area contributed by atoms with E-state index in [0.29, 0.717) is 11.3 Å². The Labute approximate surface area is 119 Å². The number of rotatable bonds is 2. The molecule has 1 aromatic heterocycles. The Balaban J connectivity index is 2.45. The van der Waals surface area contributed by atoms with E-state index < -0.39 is 11.7 Å². The van der Waals surface area contributed by atoms with Gasteiger partial charge in [0.05, 0.1) is 10.9 Å². The van der Waals surface area contributed by atoms with Gasteiger partial charge in [0.15, 0.2) is 5.82 Å². The fraction of sp³-hybridized carbons (Fsp3) is 0.286. The van der Waals surface area contributed by atoms with Crippen molar-refractivity contribution < 1.29 is 13.2 Å². The number of halogens is 4. The summed E-state index contributed by atoms with van der Waals surface area (Å²) in [4.78, 5) is 8.32. The van der Waals surface area contributed by atoms with E-state index in [-0.39, 0.29) is 11.2 Å². The molecule has 0 spiro atoms. The Morgan fingerprint density at radius 3 is 2.50 bits per heavy atom.